The molecule has 0 amide bonds. The van der Waals surface area contributed by atoms with Crippen molar-refractivity contribution in [2.75, 3.05) is 6.61 Å². The van der Waals surface area contributed by atoms with E-state index in [1.165, 1.54) is 22.3 Å². The molecule has 0 aliphatic carbocycles. The maximum atomic E-state index is 7.03. The number of para-hydroxylation sites is 1. The van der Waals surface area contributed by atoms with E-state index in [0.717, 1.165) is 36.5 Å². The summed E-state index contributed by atoms with van der Waals surface area (Å²) in [5.74, 6) is 3.56. The number of alkyl halides is 1. The molecule has 0 atom stereocenters. The fourth-order valence-corrected chi connectivity index (χ4v) is 4.41. The van der Waals surface area contributed by atoms with Crippen molar-refractivity contribution >= 4 is 11.6 Å². The first-order chi connectivity index (χ1) is 14.1. The first kappa shape index (κ1) is 30.2. The zero-order valence-electron chi connectivity index (χ0n) is 21.3. The third-order valence-electron chi connectivity index (χ3n) is 5.15. The third kappa shape index (κ3) is 7.40. The van der Waals surface area contributed by atoms with Crippen LogP contribution in [0, 0.1) is 11.8 Å². The summed E-state index contributed by atoms with van der Waals surface area (Å²) in [7, 11) is 0. The van der Waals surface area contributed by atoms with Crippen LogP contribution in [0.2, 0.25) is 0 Å². The number of benzene rings is 2. The second-order valence-electron chi connectivity index (χ2n) is 9.34. The molecule has 0 fully saturated rings. The van der Waals surface area contributed by atoms with Crippen LogP contribution in [0.4, 0.5) is 0 Å². The van der Waals surface area contributed by atoms with E-state index in [0.29, 0.717) is 18.4 Å². The molecule has 0 unspecified atom stereocenters. The molecular weight excluding hydrogens is 422 g/mol. The third-order valence-corrected chi connectivity index (χ3v) is 5.34. The van der Waals surface area contributed by atoms with Crippen LogP contribution in [0.5, 0.6) is 17.2 Å². The van der Waals surface area contributed by atoms with E-state index >= 15 is 0 Å². The van der Waals surface area contributed by atoms with Crippen LogP contribution in [0.15, 0.2) is 30.3 Å². The molecule has 5 N–H and O–H groups in total. The van der Waals surface area contributed by atoms with Crippen LogP contribution in [-0.4, -0.2) is 12.1 Å². The smallest absolute Gasteiger partial charge is 0.173 e. The van der Waals surface area contributed by atoms with E-state index in [2.05, 4.69) is 48.5 Å². The molecule has 32 heavy (non-hydrogen) atoms. The normalized spacial score (nSPS) is 11.2. The van der Waals surface area contributed by atoms with Gasteiger partial charge in [0.05, 0.1) is 11.5 Å². The molecule has 0 heterocycles. The maximum absolute atomic E-state index is 7.03. The highest BCUT2D eigenvalue weighted by atomic mass is 35.5. The Labute approximate surface area is 200 Å². The van der Waals surface area contributed by atoms with Crippen LogP contribution >= 0.6 is 11.6 Å². The number of rotatable bonds is 10. The van der Waals surface area contributed by atoms with Crippen LogP contribution in [-0.2, 0) is 24.1 Å². The molecule has 0 radical (unpaired) electrons. The molecule has 4 nitrogen and oxygen atoms in total. The summed E-state index contributed by atoms with van der Waals surface area (Å²) >= 11 is 7.03. The van der Waals surface area contributed by atoms with E-state index in [1.807, 2.05) is 37.3 Å². The second-order valence-corrected chi connectivity index (χ2v) is 10.3. The van der Waals surface area contributed by atoms with Gasteiger partial charge in [0.1, 0.15) is 5.75 Å². The highest BCUT2D eigenvalue weighted by molar-refractivity contribution is 6.23. The summed E-state index contributed by atoms with van der Waals surface area (Å²) in [5.41, 5.74) is 4.97. The van der Waals surface area contributed by atoms with Gasteiger partial charge in [-0.15, -0.1) is 11.6 Å². The molecule has 2 aromatic rings. The average molecular weight is 466 g/mol. The molecule has 182 valence electrons. The summed E-state index contributed by atoms with van der Waals surface area (Å²) in [4.78, 5) is -0.488. The molecule has 2 aromatic carbocycles. The fourth-order valence-electron chi connectivity index (χ4n) is 4.18. The number of hydrogen-bond acceptors (Lipinski definition) is 3. The molecule has 5 heteroatoms. The van der Waals surface area contributed by atoms with Gasteiger partial charge in [-0.3, -0.25) is 0 Å². The monoisotopic (exact) mass is 465 g/mol. The van der Waals surface area contributed by atoms with Gasteiger partial charge in [-0.1, -0.05) is 52.8 Å². The molecule has 2 rings (SSSR count). The van der Waals surface area contributed by atoms with Crippen LogP contribution in [0.1, 0.15) is 77.6 Å². The Morgan fingerprint density at radius 2 is 1.38 bits per heavy atom. The van der Waals surface area contributed by atoms with Gasteiger partial charge in [0.25, 0.3) is 0 Å². The van der Waals surface area contributed by atoms with Crippen molar-refractivity contribution in [3.05, 3.63) is 52.6 Å². The van der Waals surface area contributed by atoms with Crippen molar-refractivity contribution in [3.63, 3.8) is 0 Å². The lowest BCUT2D eigenvalue weighted by Gasteiger charge is -2.32. The molecule has 0 spiro atoms. The van der Waals surface area contributed by atoms with E-state index in [1.54, 1.807) is 0 Å². The van der Waals surface area contributed by atoms with Crippen LogP contribution in [0.3, 0.4) is 0 Å². The Bertz CT molecular complexity index is 827. The molecule has 0 aromatic heterocycles. The maximum Gasteiger partial charge on any atom is 0.173 e. The summed E-state index contributed by atoms with van der Waals surface area (Å²) in [6.07, 6.45) is 2.74. The van der Waals surface area contributed by atoms with Gasteiger partial charge < -0.3 is 21.1 Å². The minimum absolute atomic E-state index is 0. The first-order valence-electron chi connectivity index (χ1n) is 11.4. The van der Waals surface area contributed by atoms with Crippen LogP contribution in [0.25, 0.3) is 0 Å². The average Bonchev–Trinajstić information content (AvgIpc) is 2.65. The van der Waals surface area contributed by atoms with E-state index in [9.17, 15) is 0 Å². The Balaban J connectivity index is 0.00000480. The van der Waals surface area contributed by atoms with E-state index in [-0.39, 0.29) is 11.6 Å². The van der Waals surface area contributed by atoms with Crippen molar-refractivity contribution in [1.82, 2.24) is 6.15 Å². The van der Waals surface area contributed by atoms with Gasteiger partial charge in [-0.25, -0.2) is 0 Å². The fraction of sp³-hybridized carbons (Fsp3) is 0.556. The van der Waals surface area contributed by atoms with Gasteiger partial charge in [-0.05, 0) is 75.1 Å². The van der Waals surface area contributed by atoms with Crippen LogP contribution < -0.4 is 15.6 Å². The Kier molecular flexibility index (Phi) is 12.4. The first-order valence-corrected chi connectivity index (χ1v) is 11.7. The van der Waals surface area contributed by atoms with Gasteiger partial charge in [0, 0.05) is 11.1 Å². The zero-order valence-corrected chi connectivity index (χ0v) is 22.0. The second kappa shape index (κ2) is 13.1. The lowest BCUT2D eigenvalue weighted by Crippen LogP contribution is -2.20. The van der Waals surface area contributed by atoms with Crippen molar-refractivity contribution < 1.29 is 14.9 Å². The van der Waals surface area contributed by atoms with E-state index < -0.39 is 4.87 Å². The predicted molar refractivity (Wildman–Crippen MR) is 138 cm³/mol. The highest BCUT2D eigenvalue weighted by Gasteiger charge is 2.32. The summed E-state index contributed by atoms with van der Waals surface area (Å²) in [5, 5.41) is 0. The van der Waals surface area contributed by atoms with Gasteiger partial charge in [0.2, 0.25) is 0 Å². The highest BCUT2D eigenvalue weighted by Crippen LogP contribution is 2.49. The standard InChI is InChI=1S/C27H39ClO2.H3N.H2O/c1-9-21-24(27(7,8)28)22(16-18(3)4)23(17-19(5)6)26(25(21)29-10-2)30-20-14-12-11-13-15-20;;/h11-15,18-19H,9-10,16-17H2,1-8H3;1H3;1H2. The molecule has 0 bridgehead atoms. The van der Waals surface area contributed by atoms with Crippen molar-refractivity contribution in [2.24, 2.45) is 11.8 Å². The molecule has 0 saturated carbocycles. The van der Waals surface area contributed by atoms with E-state index in [4.69, 9.17) is 21.1 Å². The molecule has 0 aliphatic heterocycles. The Morgan fingerprint density at radius 1 is 0.844 bits per heavy atom. The summed E-state index contributed by atoms with van der Waals surface area (Å²) in [6, 6.07) is 10.0. The number of halogens is 1. The van der Waals surface area contributed by atoms with Gasteiger partial charge in [0.15, 0.2) is 11.5 Å². The number of ether oxygens (including phenoxy) is 2. The SMILES string of the molecule is CCOc1c(CC)c(C(C)(C)Cl)c(CC(C)C)c(CC(C)C)c1Oc1ccccc1.N.O. The molecule has 0 aliphatic rings. The Morgan fingerprint density at radius 3 is 1.81 bits per heavy atom. The largest absolute Gasteiger partial charge is 0.490 e. The van der Waals surface area contributed by atoms with Gasteiger partial charge >= 0.3 is 0 Å². The summed E-state index contributed by atoms with van der Waals surface area (Å²) in [6.45, 7) is 18.0. The lowest BCUT2D eigenvalue weighted by atomic mass is 9.80. The number of hydrogen-bond donors (Lipinski definition) is 1. The minimum Gasteiger partial charge on any atom is -0.490 e. The van der Waals surface area contributed by atoms with Gasteiger partial charge in [-0.2, -0.15) is 0 Å². The van der Waals surface area contributed by atoms with Crippen molar-refractivity contribution in [3.8, 4) is 17.2 Å². The summed E-state index contributed by atoms with van der Waals surface area (Å²) < 4.78 is 12.8. The topological polar surface area (TPSA) is 85.0 Å². The molecular formula is C27H44ClNO3. The predicted octanol–water partition coefficient (Wildman–Crippen LogP) is 7.65. The Hall–Kier alpha value is -1.75. The molecule has 0 saturated heterocycles. The lowest BCUT2D eigenvalue weighted by molar-refractivity contribution is 0.314. The van der Waals surface area contributed by atoms with Crippen molar-refractivity contribution in [2.45, 2.75) is 79.5 Å². The van der Waals surface area contributed by atoms with Crippen molar-refractivity contribution in [1.29, 1.82) is 0 Å². The minimum atomic E-state index is -0.488. The zero-order chi connectivity index (χ0) is 22.5. The quantitative estimate of drug-likeness (QED) is 0.365.